The number of benzene rings is 2. The number of halogens is 1. The van der Waals surface area contributed by atoms with E-state index in [0.29, 0.717) is 12.5 Å². The Labute approximate surface area is 171 Å². The molecule has 0 atom stereocenters. The SMILES string of the molecule is Cn1nccc1Nc1nccc(-c2ccc3c(c2)nnn3Cc2cccc(F)c2)n1. The van der Waals surface area contributed by atoms with E-state index in [0.717, 1.165) is 33.7 Å². The van der Waals surface area contributed by atoms with Crippen molar-refractivity contribution in [3.63, 3.8) is 0 Å². The van der Waals surface area contributed by atoms with Crippen LogP contribution in [0.4, 0.5) is 16.2 Å². The molecular weight excluding hydrogens is 383 g/mol. The van der Waals surface area contributed by atoms with Crippen LogP contribution in [0.15, 0.2) is 67.0 Å². The number of aromatic nitrogens is 7. The Hall–Kier alpha value is -4.14. The lowest BCUT2D eigenvalue weighted by atomic mass is 10.1. The van der Waals surface area contributed by atoms with E-state index in [2.05, 4.69) is 30.7 Å². The van der Waals surface area contributed by atoms with Gasteiger partial charge in [0.15, 0.2) is 0 Å². The van der Waals surface area contributed by atoms with E-state index in [9.17, 15) is 4.39 Å². The van der Waals surface area contributed by atoms with Crippen LogP contribution in [0.25, 0.3) is 22.3 Å². The van der Waals surface area contributed by atoms with Crippen LogP contribution in [0.1, 0.15) is 5.56 Å². The summed E-state index contributed by atoms with van der Waals surface area (Å²) in [6.45, 7) is 0.444. The van der Waals surface area contributed by atoms with Crippen molar-refractivity contribution in [1.82, 2.24) is 34.7 Å². The third-order valence-electron chi connectivity index (χ3n) is 4.75. The van der Waals surface area contributed by atoms with Gasteiger partial charge in [0, 0.05) is 24.9 Å². The number of nitrogens with one attached hydrogen (secondary N) is 1. The second kappa shape index (κ2) is 7.36. The molecule has 0 amide bonds. The van der Waals surface area contributed by atoms with Gasteiger partial charge in [-0.1, -0.05) is 23.4 Å². The van der Waals surface area contributed by atoms with Crippen LogP contribution in [0.2, 0.25) is 0 Å². The lowest BCUT2D eigenvalue weighted by Crippen LogP contribution is -2.03. The molecule has 0 saturated carbocycles. The Kier molecular flexibility index (Phi) is 4.40. The quantitative estimate of drug-likeness (QED) is 0.486. The Morgan fingerprint density at radius 2 is 1.97 bits per heavy atom. The molecule has 5 rings (SSSR count). The van der Waals surface area contributed by atoms with E-state index in [4.69, 9.17) is 0 Å². The number of anilines is 2. The van der Waals surface area contributed by atoms with Crippen LogP contribution in [0.5, 0.6) is 0 Å². The molecule has 9 heteroatoms. The van der Waals surface area contributed by atoms with Crippen LogP contribution >= 0.6 is 0 Å². The molecular formula is C21H17FN8. The van der Waals surface area contributed by atoms with Crippen molar-refractivity contribution < 1.29 is 4.39 Å². The molecule has 0 radical (unpaired) electrons. The summed E-state index contributed by atoms with van der Waals surface area (Å²) in [5.74, 6) is 1.01. The van der Waals surface area contributed by atoms with E-state index >= 15 is 0 Å². The van der Waals surface area contributed by atoms with E-state index in [1.165, 1.54) is 12.1 Å². The molecule has 0 bridgehead atoms. The molecule has 1 N–H and O–H groups in total. The van der Waals surface area contributed by atoms with Gasteiger partial charge in [-0.3, -0.25) is 4.68 Å². The first kappa shape index (κ1) is 17.9. The van der Waals surface area contributed by atoms with Crippen LogP contribution in [0.3, 0.4) is 0 Å². The highest BCUT2D eigenvalue weighted by Crippen LogP contribution is 2.23. The van der Waals surface area contributed by atoms with Crippen LogP contribution in [-0.4, -0.2) is 34.7 Å². The minimum absolute atomic E-state index is 0.265. The molecule has 0 spiro atoms. The molecule has 0 fully saturated rings. The largest absolute Gasteiger partial charge is 0.309 e. The molecule has 0 aliphatic heterocycles. The van der Waals surface area contributed by atoms with E-state index < -0.39 is 0 Å². The maximum atomic E-state index is 13.5. The van der Waals surface area contributed by atoms with E-state index in [1.807, 2.05) is 43.4 Å². The normalized spacial score (nSPS) is 11.1. The lowest BCUT2D eigenvalue weighted by molar-refractivity contribution is 0.618. The van der Waals surface area contributed by atoms with Crippen molar-refractivity contribution in [2.24, 2.45) is 7.05 Å². The Morgan fingerprint density at radius 3 is 2.80 bits per heavy atom. The van der Waals surface area contributed by atoms with Crippen molar-refractivity contribution in [3.8, 4) is 11.3 Å². The van der Waals surface area contributed by atoms with Crippen molar-refractivity contribution in [1.29, 1.82) is 0 Å². The first-order valence-corrected chi connectivity index (χ1v) is 9.32. The van der Waals surface area contributed by atoms with Crippen LogP contribution in [0, 0.1) is 5.82 Å². The number of hydrogen-bond acceptors (Lipinski definition) is 6. The maximum absolute atomic E-state index is 13.5. The average Bonchev–Trinajstić information content (AvgIpc) is 3.34. The van der Waals surface area contributed by atoms with Gasteiger partial charge in [-0.25, -0.2) is 19.0 Å². The predicted molar refractivity (Wildman–Crippen MR) is 111 cm³/mol. The zero-order valence-electron chi connectivity index (χ0n) is 16.1. The average molecular weight is 400 g/mol. The van der Waals surface area contributed by atoms with Crippen LogP contribution < -0.4 is 5.32 Å². The first-order valence-electron chi connectivity index (χ1n) is 9.32. The smallest absolute Gasteiger partial charge is 0.228 e. The molecule has 0 unspecified atom stereocenters. The molecule has 3 aromatic heterocycles. The van der Waals surface area contributed by atoms with Gasteiger partial charge >= 0.3 is 0 Å². The third kappa shape index (κ3) is 3.48. The zero-order valence-corrected chi connectivity index (χ0v) is 16.1. The zero-order chi connectivity index (χ0) is 20.5. The first-order chi connectivity index (χ1) is 14.7. The minimum Gasteiger partial charge on any atom is -0.309 e. The van der Waals surface area contributed by atoms with Gasteiger partial charge in [-0.2, -0.15) is 5.10 Å². The molecule has 0 aliphatic rings. The summed E-state index contributed by atoms with van der Waals surface area (Å²) in [4.78, 5) is 8.87. The maximum Gasteiger partial charge on any atom is 0.228 e. The van der Waals surface area contributed by atoms with Crippen molar-refractivity contribution >= 4 is 22.8 Å². The highest BCUT2D eigenvalue weighted by molar-refractivity contribution is 5.80. The second-order valence-electron chi connectivity index (χ2n) is 6.81. The van der Waals surface area contributed by atoms with Crippen molar-refractivity contribution in [2.75, 3.05) is 5.32 Å². The summed E-state index contributed by atoms with van der Waals surface area (Å²) in [6, 6.07) is 16.0. The highest BCUT2D eigenvalue weighted by atomic mass is 19.1. The number of fused-ring (bicyclic) bond motifs is 1. The fourth-order valence-electron chi connectivity index (χ4n) is 3.25. The summed E-state index contributed by atoms with van der Waals surface area (Å²) in [6.07, 6.45) is 3.40. The molecule has 148 valence electrons. The molecule has 3 heterocycles. The fraction of sp³-hybridized carbons (Fsp3) is 0.0952. The van der Waals surface area contributed by atoms with Gasteiger partial charge in [0.25, 0.3) is 0 Å². The van der Waals surface area contributed by atoms with Gasteiger partial charge in [-0.05, 0) is 35.9 Å². The Morgan fingerprint density at radius 1 is 1.03 bits per heavy atom. The van der Waals surface area contributed by atoms with E-state index in [1.54, 1.807) is 27.8 Å². The summed E-state index contributed by atoms with van der Waals surface area (Å²) in [5, 5.41) is 15.8. The van der Waals surface area contributed by atoms with Crippen LogP contribution in [-0.2, 0) is 13.6 Å². The molecule has 5 aromatic rings. The van der Waals surface area contributed by atoms with Gasteiger partial charge < -0.3 is 5.32 Å². The number of hydrogen-bond donors (Lipinski definition) is 1. The summed E-state index contributed by atoms with van der Waals surface area (Å²) >= 11 is 0. The van der Waals surface area contributed by atoms with Crippen molar-refractivity contribution in [2.45, 2.75) is 6.54 Å². The number of rotatable bonds is 5. The van der Waals surface area contributed by atoms with Gasteiger partial charge in [0.05, 0.1) is 24.0 Å². The van der Waals surface area contributed by atoms with Gasteiger partial charge in [0.1, 0.15) is 17.2 Å². The molecule has 30 heavy (non-hydrogen) atoms. The molecule has 0 saturated heterocycles. The van der Waals surface area contributed by atoms with Crippen molar-refractivity contribution in [3.05, 3.63) is 78.4 Å². The summed E-state index contributed by atoms with van der Waals surface area (Å²) < 4.78 is 16.9. The van der Waals surface area contributed by atoms with E-state index in [-0.39, 0.29) is 5.82 Å². The molecule has 8 nitrogen and oxygen atoms in total. The number of aryl methyl sites for hydroxylation is 1. The highest BCUT2D eigenvalue weighted by Gasteiger charge is 2.10. The lowest BCUT2D eigenvalue weighted by Gasteiger charge is -2.07. The van der Waals surface area contributed by atoms with Gasteiger partial charge in [-0.15, -0.1) is 5.10 Å². The second-order valence-corrected chi connectivity index (χ2v) is 6.81. The summed E-state index contributed by atoms with van der Waals surface area (Å²) in [5.41, 5.74) is 4.09. The topological polar surface area (TPSA) is 86.3 Å². The third-order valence-corrected chi connectivity index (χ3v) is 4.75. The monoisotopic (exact) mass is 400 g/mol. The number of nitrogens with zero attached hydrogens (tertiary/aromatic N) is 7. The molecule has 0 aliphatic carbocycles. The van der Waals surface area contributed by atoms with Gasteiger partial charge in [0.2, 0.25) is 5.95 Å². The predicted octanol–water partition coefficient (Wildman–Crippen LogP) is 3.55. The minimum atomic E-state index is -0.265. The summed E-state index contributed by atoms with van der Waals surface area (Å²) in [7, 11) is 1.84. The Balaban J connectivity index is 1.43. The molecule has 2 aromatic carbocycles. The Bertz CT molecular complexity index is 1340. The fourth-order valence-corrected chi connectivity index (χ4v) is 3.25. The standard InChI is InChI=1S/C21H17FN8/c1-29-20(8-10-24-29)26-21-23-9-7-17(25-21)15-5-6-19-18(12-15)27-28-30(19)13-14-3-2-4-16(22)11-14/h2-12H,13H2,1H3,(H,23,25,26).